The predicted molar refractivity (Wildman–Crippen MR) is 91.9 cm³/mol. The van der Waals surface area contributed by atoms with Crippen LogP contribution in [0.25, 0.3) is 5.78 Å². The maximum Gasteiger partial charge on any atom is 0.252 e. The van der Waals surface area contributed by atoms with Crippen molar-refractivity contribution in [2.24, 2.45) is 0 Å². The van der Waals surface area contributed by atoms with Gasteiger partial charge in [0.15, 0.2) is 5.82 Å². The van der Waals surface area contributed by atoms with Gasteiger partial charge in [-0.2, -0.15) is 4.98 Å². The molecule has 3 aromatic rings. The van der Waals surface area contributed by atoms with Gasteiger partial charge < -0.3 is 4.90 Å². The molecule has 128 valence electrons. The standard InChI is InChI=1S/C18H20N6O/c1-12-10-13(2)24-18(20-12)21-16(22-24)11-17(25)23-9-5-7-15(23)14-6-3-4-8-19-14/h3-4,6,8,10,15H,5,7,9,11H2,1-2H3/t15-/m1/s1. The van der Waals surface area contributed by atoms with Gasteiger partial charge in [0.25, 0.3) is 5.78 Å². The molecule has 1 atom stereocenters. The van der Waals surface area contributed by atoms with Crippen LogP contribution in [-0.2, 0) is 11.2 Å². The molecule has 0 radical (unpaired) electrons. The van der Waals surface area contributed by atoms with E-state index >= 15 is 0 Å². The van der Waals surface area contributed by atoms with E-state index in [-0.39, 0.29) is 18.4 Å². The summed E-state index contributed by atoms with van der Waals surface area (Å²) in [5, 5.41) is 4.44. The van der Waals surface area contributed by atoms with Crippen LogP contribution in [0.2, 0.25) is 0 Å². The second-order valence-corrected chi connectivity index (χ2v) is 6.46. The van der Waals surface area contributed by atoms with E-state index in [1.54, 1.807) is 10.7 Å². The zero-order valence-corrected chi connectivity index (χ0v) is 14.4. The normalized spacial score (nSPS) is 17.4. The van der Waals surface area contributed by atoms with Gasteiger partial charge >= 0.3 is 0 Å². The summed E-state index contributed by atoms with van der Waals surface area (Å²) >= 11 is 0. The number of amides is 1. The van der Waals surface area contributed by atoms with Crippen LogP contribution in [0.4, 0.5) is 0 Å². The van der Waals surface area contributed by atoms with Crippen LogP contribution in [0.5, 0.6) is 0 Å². The SMILES string of the molecule is Cc1cc(C)n2nc(CC(=O)N3CCC[C@@H]3c3ccccn3)nc2n1. The van der Waals surface area contributed by atoms with Gasteiger partial charge in [-0.3, -0.25) is 9.78 Å². The Morgan fingerprint density at radius 1 is 1.28 bits per heavy atom. The number of nitrogens with zero attached hydrogens (tertiary/aromatic N) is 6. The smallest absolute Gasteiger partial charge is 0.252 e. The average molecular weight is 336 g/mol. The molecule has 4 rings (SSSR count). The number of pyridine rings is 1. The maximum absolute atomic E-state index is 12.8. The molecule has 1 aliphatic rings. The first kappa shape index (κ1) is 15.7. The highest BCUT2D eigenvalue weighted by atomic mass is 16.2. The Labute approximate surface area is 145 Å². The second kappa shape index (κ2) is 6.23. The summed E-state index contributed by atoms with van der Waals surface area (Å²) in [5.74, 6) is 1.10. The van der Waals surface area contributed by atoms with Crippen molar-refractivity contribution in [3.63, 3.8) is 0 Å². The van der Waals surface area contributed by atoms with E-state index in [1.807, 2.05) is 43.0 Å². The summed E-state index contributed by atoms with van der Waals surface area (Å²) in [6, 6.07) is 7.83. The molecule has 25 heavy (non-hydrogen) atoms. The van der Waals surface area contributed by atoms with Gasteiger partial charge in [-0.25, -0.2) is 9.50 Å². The lowest BCUT2D eigenvalue weighted by molar-refractivity contribution is -0.131. The molecule has 1 fully saturated rings. The fourth-order valence-corrected chi connectivity index (χ4v) is 3.47. The molecule has 7 nitrogen and oxygen atoms in total. The molecular weight excluding hydrogens is 316 g/mol. The Morgan fingerprint density at radius 3 is 2.96 bits per heavy atom. The molecule has 3 aromatic heterocycles. The molecule has 0 saturated carbocycles. The molecule has 0 bridgehead atoms. The minimum absolute atomic E-state index is 0.0402. The Hall–Kier alpha value is -2.83. The highest BCUT2D eigenvalue weighted by Gasteiger charge is 2.31. The Kier molecular flexibility index (Phi) is 3.91. The topological polar surface area (TPSA) is 76.3 Å². The van der Waals surface area contributed by atoms with Crippen LogP contribution in [-0.4, -0.2) is 41.9 Å². The molecule has 4 heterocycles. The van der Waals surface area contributed by atoms with Gasteiger partial charge in [-0.15, -0.1) is 5.10 Å². The van der Waals surface area contributed by atoms with Crippen LogP contribution < -0.4 is 0 Å². The molecule has 1 amide bonds. The number of likely N-dealkylation sites (tertiary alicyclic amines) is 1. The number of hydrogen-bond donors (Lipinski definition) is 0. The van der Waals surface area contributed by atoms with Crippen molar-refractivity contribution < 1.29 is 4.79 Å². The van der Waals surface area contributed by atoms with Crippen molar-refractivity contribution in [2.75, 3.05) is 6.54 Å². The minimum atomic E-state index is 0.0402. The Morgan fingerprint density at radius 2 is 2.16 bits per heavy atom. The maximum atomic E-state index is 12.8. The first-order chi connectivity index (χ1) is 12.1. The zero-order chi connectivity index (χ0) is 17.4. The zero-order valence-electron chi connectivity index (χ0n) is 14.4. The number of carbonyl (C=O) groups is 1. The van der Waals surface area contributed by atoms with Crippen molar-refractivity contribution in [1.82, 2.24) is 29.5 Å². The summed E-state index contributed by atoms with van der Waals surface area (Å²) < 4.78 is 1.69. The highest BCUT2D eigenvalue weighted by molar-refractivity contribution is 5.78. The first-order valence-corrected chi connectivity index (χ1v) is 8.52. The van der Waals surface area contributed by atoms with Gasteiger partial charge in [0.2, 0.25) is 5.91 Å². The van der Waals surface area contributed by atoms with Crippen LogP contribution >= 0.6 is 0 Å². The van der Waals surface area contributed by atoms with Crippen molar-refractivity contribution >= 4 is 11.7 Å². The molecule has 0 spiro atoms. The Bertz CT molecular complexity index is 920. The van der Waals surface area contributed by atoms with Crippen LogP contribution in [0.15, 0.2) is 30.5 Å². The summed E-state index contributed by atoms with van der Waals surface area (Å²) in [6.45, 7) is 4.64. The molecule has 0 aliphatic carbocycles. The van der Waals surface area contributed by atoms with Crippen LogP contribution in [0.3, 0.4) is 0 Å². The van der Waals surface area contributed by atoms with E-state index < -0.39 is 0 Å². The number of rotatable bonds is 3. The lowest BCUT2D eigenvalue weighted by atomic mass is 10.1. The van der Waals surface area contributed by atoms with Gasteiger partial charge in [0.05, 0.1) is 18.2 Å². The third kappa shape index (κ3) is 2.97. The predicted octanol–water partition coefficient (Wildman–Crippen LogP) is 2.04. The molecule has 1 aliphatic heterocycles. The van der Waals surface area contributed by atoms with Crippen molar-refractivity contribution in [2.45, 2.75) is 39.2 Å². The summed E-state index contributed by atoms with van der Waals surface area (Å²) in [5.41, 5.74) is 2.80. The molecule has 0 aromatic carbocycles. The van der Waals surface area contributed by atoms with E-state index in [1.165, 1.54) is 0 Å². The first-order valence-electron chi connectivity index (χ1n) is 8.52. The van der Waals surface area contributed by atoms with Crippen LogP contribution in [0, 0.1) is 13.8 Å². The molecule has 0 N–H and O–H groups in total. The largest absolute Gasteiger partial charge is 0.334 e. The summed E-state index contributed by atoms with van der Waals surface area (Å²) in [6.07, 6.45) is 3.90. The average Bonchev–Trinajstić information content (AvgIpc) is 3.22. The van der Waals surface area contributed by atoms with Gasteiger partial charge in [0, 0.05) is 24.1 Å². The number of aromatic nitrogens is 5. The van der Waals surface area contributed by atoms with E-state index in [0.717, 1.165) is 36.5 Å². The minimum Gasteiger partial charge on any atom is -0.334 e. The molecular formula is C18H20N6O. The van der Waals surface area contributed by atoms with Crippen LogP contribution in [0.1, 0.15) is 41.8 Å². The summed E-state index contributed by atoms with van der Waals surface area (Å²) in [4.78, 5) is 27.9. The van der Waals surface area contributed by atoms with Gasteiger partial charge in [0.1, 0.15) is 0 Å². The summed E-state index contributed by atoms with van der Waals surface area (Å²) in [7, 11) is 0. The molecule has 7 heteroatoms. The number of hydrogen-bond acceptors (Lipinski definition) is 5. The van der Waals surface area contributed by atoms with E-state index in [2.05, 4.69) is 20.1 Å². The number of fused-ring (bicyclic) bond motifs is 1. The van der Waals surface area contributed by atoms with E-state index in [0.29, 0.717) is 11.6 Å². The second-order valence-electron chi connectivity index (χ2n) is 6.46. The van der Waals surface area contributed by atoms with Crippen molar-refractivity contribution in [3.8, 4) is 0 Å². The lowest BCUT2D eigenvalue weighted by Crippen LogP contribution is -2.32. The highest BCUT2D eigenvalue weighted by Crippen LogP contribution is 2.30. The number of aryl methyl sites for hydroxylation is 2. The van der Waals surface area contributed by atoms with E-state index in [4.69, 9.17) is 0 Å². The van der Waals surface area contributed by atoms with Gasteiger partial charge in [-0.05, 0) is 44.9 Å². The third-order valence-electron chi connectivity index (χ3n) is 4.57. The fourth-order valence-electron chi connectivity index (χ4n) is 3.47. The number of carbonyl (C=O) groups excluding carboxylic acids is 1. The molecule has 1 saturated heterocycles. The van der Waals surface area contributed by atoms with Crippen molar-refractivity contribution in [3.05, 3.63) is 53.4 Å². The quantitative estimate of drug-likeness (QED) is 0.731. The van der Waals surface area contributed by atoms with Gasteiger partial charge in [-0.1, -0.05) is 6.07 Å². The fraction of sp³-hybridized carbons (Fsp3) is 0.389. The van der Waals surface area contributed by atoms with Crippen molar-refractivity contribution in [1.29, 1.82) is 0 Å². The Balaban J connectivity index is 1.56. The third-order valence-corrected chi connectivity index (χ3v) is 4.57. The monoisotopic (exact) mass is 336 g/mol. The molecule has 0 unspecified atom stereocenters. The van der Waals surface area contributed by atoms with E-state index in [9.17, 15) is 4.79 Å². The lowest BCUT2D eigenvalue weighted by Gasteiger charge is -2.23.